The van der Waals surface area contributed by atoms with Crippen molar-refractivity contribution < 1.29 is 5.11 Å². The summed E-state index contributed by atoms with van der Waals surface area (Å²) in [6, 6.07) is 10.2. The van der Waals surface area contributed by atoms with E-state index in [0.717, 1.165) is 33.7 Å². The smallest absolute Gasteiger partial charge is 0.134 e. The van der Waals surface area contributed by atoms with Gasteiger partial charge in [0.05, 0.1) is 6.61 Å². The molecular formula is C16H19BrN2O. The molecule has 1 N–H and O–H groups in total. The van der Waals surface area contributed by atoms with Gasteiger partial charge in [-0.05, 0) is 43.2 Å². The topological polar surface area (TPSA) is 36.4 Å². The van der Waals surface area contributed by atoms with Crippen LogP contribution in [0.2, 0.25) is 0 Å². The number of hydrogen-bond donors (Lipinski definition) is 1. The lowest BCUT2D eigenvalue weighted by molar-refractivity contribution is 0.281. The number of aromatic nitrogens is 1. The fourth-order valence-electron chi connectivity index (χ4n) is 2.34. The van der Waals surface area contributed by atoms with Gasteiger partial charge in [-0.25, -0.2) is 4.98 Å². The zero-order valence-corrected chi connectivity index (χ0v) is 13.6. The normalized spacial score (nSPS) is 10.7. The maximum atomic E-state index is 9.58. The number of aliphatic hydroxyl groups excluding tert-OH is 1. The van der Waals surface area contributed by atoms with Gasteiger partial charge in [0, 0.05) is 29.3 Å². The zero-order chi connectivity index (χ0) is 14.7. The first-order chi connectivity index (χ1) is 9.51. The van der Waals surface area contributed by atoms with Crippen LogP contribution in [0, 0.1) is 13.8 Å². The van der Waals surface area contributed by atoms with Crippen LogP contribution in [0.15, 0.2) is 34.8 Å². The van der Waals surface area contributed by atoms with Crippen molar-refractivity contribution in [2.75, 3.05) is 11.9 Å². The van der Waals surface area contributed by atoms with Crippen molar-refractivity contribution in [1.29, 1.82) is 0 Å². The Morgan fingerprint density at radius 2 is 2.00 bits per heavy atom. The summed E-state index contributed by atoms with van der Waals surface area (Å²) >= 11 is 3.49. The van der Waals surface area contributed by atoms with E-state index >= 15 is 0 Å². The van der Waals surface area contributed by atoms with E-state index in [1.165, 1.54) is 5.56 Å². The highest BCUT2D eigenvalue weighted by Gasteiger charge is 2.12. The number of pyridine rings is 1. The van der Waals surface area contributed by atoms with Crippen LogP contribution < -0.4 is 4.90 Å². The molecule has 0 aliphatic rings. The van der Waals surface area contributed by atoms with E-state index in [4.69, 9.17) is 0 Å². The van der Waals surface area contributed by atoms with Crippen molar-refractivity contribution in [2.45, 2.75) is 27.0 Å². The second-order valence-corrected chi connectivity index (χ2v) is 5.94. The fraction of sp³-hybridized carbons (Fsp3) is 0.312. The Morgan fingerprint density at radius 1 is 1.25 bits per heavy atom. The quantitative estimate of drug-likeness (QED) is 0.928. The van der Waals surface area contributed by atoms with Crippen LogP contribution in [0.1, 0.15) is 22.4 Å². The summed E-state index contributed by atoms with van der Waals surface area (Å²) < 4.78 is 1.07. The van der Waals surface area contributed by atoms with Crippen LogP contribution >= 0.6 is 15.9 Å². The molecule has 1 heterocycles. The molecule has 3 nitrogen and oxygen atoms in total. The Morgan fingerprint density at radius 3 is 2.65 bits per heavy atom. The highest BCUT2D eigenvalue weighted by molar-refractivity contribution is 9.10. The summed E-state index contributed by atoms with van der Waals surface area (Å²) in [4.78, 5) is 6.65. The van der Waals surface area contributed by atoms with Crippen molar-refractivity contribution in [2.24, 2.45) is 0 Å². The number of benzene rings is 1. The maximum Gasteiger partial charge on any atom is 0.134 e. The number of halogens is 1. The summed E-state index contributed by atoms with van der Waals surface area (Å²) in [7, 11) is 2.00. The van der Waals surface area contributed by atoms with Crippen molar-refractivity contribution in [3.8, 4) is 0 Å². The molecule has 1 aromatic heterocycles. The molecule has 0 amide bonds. The minimum absolute atomic E-state index is 0.0112. The third-order valence-electron chi connectivity index (χ3n) is 3.28. The minimum atomic E-state index is 0.0112. The van der Waals surface area contributed by atoms with E-state index in [9.17, 15) is 5.11 Å². The van der Waals surface area contributed by atoms with Crippen molar-refractivity contribution in [3.63, 3.8) is 0 Å². The Balaban J connectivity index is 2.31. The summed E-state index contributed by atoms with van der Waals surface area (Å²) in [5.74, 6) is 0.852. The van der Waals surface area contributed by atoms with Gasteiger partial charge in [0.15, 0.2) is 0 Å². The van der Waals surface area contributed by atoms with Gasteiger partial charge in [-0.15, -0.1) is 0 Å². The Labute approximate surface area is 128 Å². The molecule has 0 aliphatic carbocycles. The van der Waals surface area contributed by atoms with Gasteiger partial charge >= 0.3 is 0 Å². The molecule has 0 unspecified atom stereocenters. The van der Waals surface area contributed by atoms with Crippen LogP contribution in [-0.4, -0.2) is 17.1 Å². The van der Waals surface area contributed by atoms with Crippen LogP contribution in [0.5, 0.6) is 0 Å². The highest BCUT2D eigenvalue weighted by Crippen LogP contribution is 2.23. The zero-order valence-electron chi connectivity index (χ0n) is 12.0. The molecule has 4 heteroatoms. The monoisotopic (exact) mass is 334 g/mol. The Kier molecular flexibility index (Phi) is 4.78. The first-order valence-electron chi connectivity index (χ1n) is 6.55. The Hall–Kier alpha value is -1.39. The minimum Gasteiger partial charge on any atom is -0.392 e. The molecule has 0 atom stereocenters. The van der Waals surface area contributed by atoms with Gasteiger partial charge in [-0.2, -0.15) is 0 Å². The molecule has 0 spiro atoms. The van der Waals surface area contributed by atoms with E-state index in [-0.39, 0.29) is 6.61 Å². The van der Waals surface area contributed by atoms with E-state index < -0.39 is 0 Å². The van der Waals surface area contributed by atoms with E-state index in [2.05, 4.69) is 37.9 Å². The van der Waals surface area contributed by atoms with Crippen LogP contribution in [0.25, 0.3) is 0 Å². The number of aryl methyl sites for hydroxylation is 2. The van der Waals surface area contributed by atoms with Gasteiger partial charge in [0.2, 0.25) is 0 Å². The number of nitrogens with zero attached hydrogens (tertiary/aromatic N) is 2. The van der Waals surface area contributed by atoms with Crippen molar-refractivity contribution in [3.05, 3.63) is 57.2 Å². The molecule has 0 saturated heterocycles. The number of rotatable bonds is 4. The average molecular weight is 335 g/mol. The third-order valence-corrected chi connectivity index (χ3v) is 3.78. The Bertz CT molecular complexity index is 613. The molecule has 0 aliphatic heterocycles. The predicted molar refractivity (Wildman–Crippen MR) is 85.9 cm³/mol. The average Bonchev–Trinajstić information content (AvgIpc) is 2.37. The first kappa shape index (κ1) is 15.0. The lowest BCUT2D eigenvalue weighted by atomic mass is 10.1. The summed E-state index contributed by atoms with van der Waals surface area (Å²) in [5.41, 5.74) is 4.15. The number of aliphatic hydroxyl groups is 1. The van der Waals surface area contributed by atoms with Gasteiger partial charge in [-0.1, -0.05) is 28.1 Å². The molecule has 20 heavy (non-hydrogen) atoms. The second kappa shape index (κ2) is 6.37. The maximum absolute atomic E-state index is 9.58. The molecule has 0 saturated carbocycles. The van der Waals surface area contributed by atoms with E-state index in [1.807, 2.05) is 39.1 Å². The number of hydrogen-bond acceptors (Lipinski definition) is 3. The van der Waals surface area contributed by atoms with Crippen LogP contribution in [-0.2, 0) is 13.2 Å². The van der Waals surface area contributed by atoms with E-state index in [0.29, 0.717) is 0 Å². The molecular weight excluding hydrogens is 316 g/mol. The first-order valence-corrected chi connectivity index (χ1v) is 7.34. The fourth-order valence-corrected chi connectivity index (χ4v) is 2.79. The largest absolute Gasteiger partial charge is 0.392 e. The lowest BCUT2D eigenvalue weighted by Gasteiger charge is -2.22. The van der Waals surface area contributed by atoms with Gasteiger partial charge in [0.1, 0.15) is 5.82 Å². The van der Waals surface area contributed by atoms with Crippen LogP contribution in [0.3, 0.4) is 0 Å². The molecule has 2 aromatic rings. The van der Waals surface area contributed by atoms with Crippen molar-refractivity contribution in [1.82, 2.24) is 4.98 Å². The van der Waals surface area contributed by atoms with Crippen LogP contribution in [0.4, 0.5) is 5.82 Å². The molecule has 0 radical (unpaired) electrons. The molecule has 1 aromatic carbocycles. The standard InChI is InChI=1S/C16H19BrN2O/c1-11-7-12(2)18-16(15(11)10-20)19(3)9-13-5-4-6-14(17)8-13/h4-8,20H,9-10H2,1-3H3. The lowest BCUT2D eigenvalue weighted by Crippen LogP contribution is -2.20. The second-order valence-electron chi connectivity index (χ2n) is 5.03. The molecule has 106 valence electrons. The van der Waals surface area contributed by atoms with E-state index in [1.54, 1.807) is 0 Å². The van der Waals surface area contributed by atoms with Gasteiger partial charge < -0.3 is 10.0 Å². The van der Waals surface area contributed by atoms with Gasteiger partial charge in [-0.3, -0.25) is 0 Å². The highest BCUT2D eigenvalue weighted by atomic mass is 79.9. The summed E-state index contributed by atoms with van der Waals surface area (Å²) in [5, 5.41) is 9.58. The van der Waals surface area contributed by atoms with Crippen molar-refractivity contribution >= 4 is 21.7 Å². The predicted octanol–water partition coefficient (Wildman–Crippen LogP) is 3.59. The summed E-state index contributed by atoms with van der Waals surface area (Å²) in [6.45, 7) is 4.75. The number of anilines is 1. The van der Waals surface area contributed by atoms with Gasteiger partial charge in [0.25, 0.3) is 0 Å². The molecule has 0 bridgehead atoms. The third kappa shape index (κ3) is 3.38. The SMILES string of the molecule is Cc1cc(C)c(CO)c(N(C)Cc2cccc(Br)c2)n1. The molecule has 2 rings (SSSR count). The summed E-state index contributed by atoms with van der Waals surface area (Å²) in [6.07, 6.45) is 0. The molecule has 0 fully saturated rings.